The van der Waals surface area contributed by atoms with Gasteiger partial charge in [0, 0.05) is 0 Å². The molecule has 0 amide bonds. The number of allylic oxidation sites excluding steroid dienone is 1. The first-order valence-corrected chi connectivity index (χ1v) is 10.2. The number of nitriles is 1. The summed E-state index contributed by atoms with van der Waals surface area (Å²) < 4.78 is 19.9. The summed E-state index contributed by atoms with van der Waals surface area (Å²) in [6.07, 6.45) is 1.85. The molecule has 4 aromatic carbocycles. The van der Waals surface area contributed by atoms with Gasteiger partial charge in [-0.3, -0.25) is 0 Å². The van der Waals surface area contributed by atoms with E-state index in [1.807, 2.05) is 66.7 Å². The fourth-order valence-electron chi connectivity index (χ4n) is 3.22. The molecule has 0 aliphatic carbocycles. The van der Waals surface area contributed by atoms with Gasteiger partial charge in [-0.25, -0.2) is 4.39 Å². The van der Waals surface area contributed by atoms with Crippen LogP contribution in [0.2, 0.25) is 0 Å². The lowest BCUT2D eigenvalue weighted by atomic mass is 10.0. The first-order valence-electron chi connectivity index (χ1n) is 9.40. The molecule has 4 heteroatoms. The average Bonchev–Trinajstić information content (AvgIpc) is 2.76. The molecule has 0 atom stereocenters. The topological polar surface area (TPSA) is 33.0 Å². The Balaban J connectivity index is 1.56. The minimum atomic E-state index is -0.284. The molecule has 0 N–H and O–H groups in total. The second-order valence-corrected chi connectivity index (χ2v) is 7.69. The minimum absolute atomic E-state index is 0.270. The predicted octanol–water partition coefficient (Wildman–Crippen LogP) is 7.38. The largest absolute Gasteiger partial charge is 0.488 e. The van der Waals surface area contributed by atoms with Gasteiger partial charge in [0.15, 0.2) is 0 Å². The maximum Gasteiger partial charge on any atom is 0.134 e. The first kappa shape index (κ1) is 19.9. The Labute approximate surface area is 183 Å². The SMILES string of the molecule is N#CC(=Cc1ccc(OCc2cccc(F)c2)c(Br)c1)c1ccc2ccccc2c1. The van der Waals surface area contributed by atoms with Gasteiger partial charge in [-0.1, -0.05) is 54.6 Å². The van der Waals surface area contributed by atoms with Crippen molar-refractivity contribution in [3.05, 3.63) is 112 Å². The van der Waals surface area contributed by atoms with Crippen molar-refractivity contribution in [3.8, 4) is 11.8 Å². The van der Waals surface area contributed by atoms with Crippen molar-refractivity contribution in [1.82, 2.24) is 0 Å². The van der Waals surface area contributed by atoms with E-state index >= 15 is 0 Å². The van der Waals surface area contributed by atoms with Gasteiger partial charge in [0.25, 0.3) is 0 Å². The number of halogens is 2. The summed E-state index contributed by atoms with van der Waals surface area (Å²) in [5.74, 6) is 0.369. The fraction of sp³-hybridized carbons (Fsp3) is 0.0385. The van der Waals surface area contributed by atoms with E-state index in [2.05, 4.69) is 28.1 Å². The summed E-state index contributed by atoms with van der Waals surface area (Å²) in [4.78, 5) is 0. The van der Waals surface area contributed by atoms with Crippen molar-refractivity contribution in [1.29, 1.82) is 5.26 Å². The van der Waals surface area contributed by atoms with Crippen molar-refractivity contribution < 1.29 is 9.13 Å². The highest BCUT2D eigenvalue weighted by atomic mass is 79.9. The smallest absolute Gasteiger partial charge is 0.134 e. The minimum Gasteiger partial charge on any atom is -0.488 e. The fourth-order valence-corrected chi connectivity index (χ4v) is 3.73. The summed E-state index contributed by atoms with van der Waals surface area (Å²) in [7, 11) is 0. The van der Waals surface area contributed by atoms with E-state index in [1.165, 1.54) is 12.1 Å². The second kappa shape index (κ2) is 8.94. The third kappa shape index (κ3) is 4.59. The molecule has 146 valence electrons. The van der Waals surface area contributed by atoms with Gasteiger partial charge in [-0.15, -0.1) is 0 Å². The van der Waals surface area contributed by atoms with Crippen LogP contribution in [0.25, 0.3) is 22.4 Å². The molecular weight excluding hydrogens is 441 g/mol. The predicted molar refractivity (Wildman–Crippen MR) is 122 cm³/mol. The van der Waals surface area contributed by atoms with Crippen molar-refractivity contribution in [2.24, 2.45) is 0 Å². The molecule has 0 bridgehead atoms. The van der Waals surface area contributed by atoms with Crippen LogP contribution in [-0.2, 0) is 6.61 Å². The second-order valence-electron chi connectivity index (χ2n) is 6.84. The number of hydrogen-bond donors (Lipinski definition) is 0. The Bertz CT molecular complexity index is 1290. The van der Waals surface area contributed by atoms with Crippen LogP contribution in [-0.4, -0.2) is 0 Å². The molecule has 0 heterocycles. The zero-order chi connectivity index (χ0) is 20.9. The highest BCUT2D eigenvalue weighted by Crippen LogP contribution is 2.29. The average molecular weight is 458 g/mol. The lowest BCUT2D eigenvalue weighted by Gasteiger charge is -2.09. The van der Waals surface area contributed by atoms with Crippen LogP contribution in [0.5, 0.6) is 5.75 Å². The van der Waals surface area contributed by atoms with E-state index < -0.39 is 0 Å². The summed E-state index contributed by atoms with van der Waals surface area (Å²) in [6.45, 7) is 0.270. The van der Waals surface area contributed by atoms with Gasteiger partial charge in [-0.05, 0) is 79.8 Å². The quantitative estimate of drug-likeness (QED) is 0.231. The Kier molecular flexibility index (Phi) is 5.92. The molecule has 0 aromatic heterocycles. The Morgan fingerprint density at radius 1 is 0.933 bits per heavy atom. The summed E-state index contributed by atoms with van der Waals surface area (Å²) in [5, 5.41) is 11.9. The van der Waals surface area contributed by atoms with E-state index in [0.717, 1.165) is 31.9 Å². The van der Waals surface area contributed by atoms with Crippen molar-refractivity contribution >= 4 is 38.4 Å². The normalized spacial score (nSPS) is 11.3. The zero-order valence-electron chi connectivity index (χ0n) is 16.0. The van der Waals surface area contributed by atoms with E-state index in [0.29, 0.717) is 11.3 Å². The molecule has 0 unspecified atom stereocenters. The molecule has 0 fully saturated rings. The summed E-state index contributed by atoms with van der Waals surface area (Å²) in [5.41, 5.74) is 3.10. The van der Waals surface area contributed by atoms with Crippen molar-refractivity contribution in [2.45, 2.75) is 6.61 Å². The molecule has 2 nitrogen and oxygen atoms in total. The maximum absolute atomic E-state index is 13.3. The molecule has 0 saturated heterocycles. The number of nitrogens with zero attached hydrogens (tertiary/aromatic N) is 1. The van der Waals surface area contributed by atoms with Crippen molar-refractivity contribution in [2.75, 3.05) is 0 Å². The molecule has 30 heavy (non-hydrogen) atoms. The highest BCUT2D eigenvalue weighted by molar-refractivity contribution is 9.10. The van der Waals surface area contributed by atoms with Crippen LogP contribution in [0.3, 0.4) is 0 Å². The van der Waals surface area contributed by atoms with Crippen LogP contribution in [0.4, 0.5) is 4.39 Å². The molecule has 4 rings (SSSR count). The standard InChI is InChI=1S/C26H17BrFNO/c27-25-14-18(8-11-26(25)30-17-19-4-3-7-24(28)13-19)12-23(16-29)22-10-9-20-5-1-2-6-21(20)15-22/h1-15H,17H2. The van der Waals surface area contributed by atoms with Gasteiger partial charge in [0.2, 0.25) is 0 Å². The van der Waals surface area contributed by atoms with E-state index in [-0.39, 0.29) is 12.4 Å². The van der Waals surface area contributed by atoms with E-state index in [1.54, 1.807) is 6.07 Å². The number of benzene rings is 4. The van der Waals surface area contributed by atoms with E-state index in [4.69, 9.17) is 4.74 Å². The van der Waals surface area contributed by atoms with Crippen LogP contribution in [0.1, 0.15) is 16.7 Å². The van der Waals surface area contributed by atoms with Gasteiger partial charge in [0.1, 0.15) is 18.2 Å². The van der Waals surface area contributed by atoms with Crippen LogP contribution in [0.15, 0.2) is 89.4 Å². The van der Waals surface area contributed by atoms with Crippen molar-refractivity contribution in [3.63, 3.8) is 0 Å². The zero-order valence-corrected chi connectivity index (χ0v) is 17.6. The third-order valence-electron chi connectivity index (χ3n) is 4.73. The number of fused-ring (bicyclic) bond motifs is 1. The lowest BCUT2D eigenvalue weighted by Crippen LogP contribution is -1.96. The van der Waals surface area contributed by atoms with Gasteiger partial charge in [0.05, 0.1) is 16.1 Å². The van der Waals surface area contributed by atoms with Gasteiger partial charge >= 0.3 is 0 Å². The Morgan fingerprint density at radius 3 is 2.53 bits per heavy atom. The number of hydrogen-bond acceptors (Lipinski definition) is 2. The molecule has 0 spiro atoms. The number of ether oxygens (including phenoxy) is 1. The monoisotopic (exact) mass is 457 g/mol. The maximum atomic E-state index is 13.3. The molecule has 0 aliphatic heterocycles. The molecule has 0 radical (unpaired) electrons. The third-order valence-corrected chi connectivity index (χ3v) is 5.35. The molecule has 0 saturated carbocycles. The highest BCUT2D eigenvalue weighted by Gasteiger charge is 2.06. The Morgan fingerprint density at radius 2 is 1.77 bits per heavy atom. The lowest BCUT2D eigenvalue weighted by molar-refractivity contribution is 0.303. The van der Waals surface area contributed by atoms with Gasteiger partial charge < -0.3 is 4.74 Å². The first-order chi connectivity index (χ1) is 14.6. The number of rotatable bonds is 5. The van der Waals surface area contributed by atoms with Crippen LogP contribution in [0, 0.1) is 17.1 Å². The summed E-state index contributed by atoms with van der Waals surface area (Å²) in [6, 6.07) is 28.3. The molecule has 4 aromatic rings. The molecular formula is C26H17BrFNO. The van der Waals surface area contributed by atoms with Crippen LogP contribution < -0.4 is 4.74 Å². The van der Waals surface area contributed by atoms with E-state index in [9.17, 15) is 9.65 Å². The van der Waals surface area contributed by atoms with Gasteiger partial charge in [-0.2, -0.15) is 5.26 Å². The Hall–Kier alpha value is -3.42. The summed E-state index contributed by atoms with van der Waals surface area (Å²) >= 11 is 3.52. The van der Waals surface area contributed by atoms with Crippen LogP contribution >= 0.6 is 15.9 Å². The molecule has 0 aliphatic rings.